The van der Waals surface area contributed by atoms with Crippen molar-refractivity contribution < 1.29 is 63.4 Å². The maximum Gasteiger partial charge on any atom is 0.311 e. The minimum atomic E-state index is -1.83. The van der Waals surface area contributed by atoms with E-state index in [1.54, 1.807) is 55.4 Å². The number of esters is 1. The summed E-state index contributed by atoms with van der Waals surface area (Å²) in [7, 11) is 6.21. The molecule has 0 bridgehead atoms. The Hall–Kier alpha value is -1.05. The lowest BCUT2D eigenvalue weighted by Gasteiger charge is -2.51. The van der Waals surface area contributed by atoms with Gasteiger partial charge < -0.3 is 68.7 Å². The van der Waals surface area contributed by atoms with Crippen LogP contribution in [0.3, 0.4) is 0 Å². The van der Waals surface area contributed by atoms with E-state index in [0.29, 0.717) is 13.0 Å². The van der Waals surface area contributed by atoms with Crippen molar-refractivity contribution in [2.75, 3.05) is 34.8 Å². The Bertz CT molecular complexity index is 1190. The number of aliphatic hydroxyl groups excluding tert-OH is 3. The molecule has 3 rings (SSSR count). The van der Waals surface area contributed by atoms with E-state index in [0.717, 1.165) is 0 Å². The first-order valence-corrected chi connectivity index (χ1v) is 19.3. The predicted molar refractivity (Wildman–Crippen MR) is 196 cm³/mol. The topological polar surface area (TPSA) is 200 Å². The molecule has 15 heteroatoms. The normalized spacial score (nSPS) is 49.1. The molecule has 15 nitrogen and oxygen atoms in total. The summed E-state index contributed by atoms with van der Waals surface area (Å²) in [6, 6.07) is -1.34. The maximum absolute atomic E-state index is 14.2. The van der Waals surface area contributed by atoms with E-state index in [4.69, 9.17) is 28.4 Å². The number of aliphatic hydroxyl groups is 5. The monoisotopic (exact) mass is 765 g/mol. The molecule has 0 amide bonds. The lowest BCUT2D eigenvalue weighted by molar-refractivity contribution is -0.874. The van der Waals surface area contributed by atoms with Crippen molar-refractivity contribution in [2.24, 2.45) is 17.8 Å². The molecule has 3 aliphatic rings. The molecule has 3 aliphatic heterocycles. The quantitative estimate of drug-likeness (QED) is 0.143. The highest BCUT2D eigenvalue weighted by Gasteiger charge is 2.53. The Labute approximate surface area is 317 Å². The predicted octanol–water partition coefficient (Wildman–Crippen LogP) is 1.91. The van der Waals surface area contributed by atoms with E-state index in [-0.39, 0.29) is 25.2 Å². The van der Waals surface area contributed by atoms with Gasteiger partial charge >= 0.3 is 5.97 Å². The second-order valence-electron chi connectivity index (χ2n) is 17.6. The summed E-state index contributed by atoms with van der Waals surface area (Å²) in [5, 5.41) is 71.3. The molecule has 0 spiro atoms. The number of hydroxylamine groups is 3. The Kier molecular flexibility index (Phi) is 15.4. The van der Waals surface area contributed by atoms with Crippen molar-refractivity contribution in [3.05, 3.63) is 5.21 Å². The second kappa shape index (κ2) is 17.6. The van der Waals surface area contributed by atoms with Gasteiger partial charge in [0.1, 0.15) is 30.0 Å². The van der Waals surface area contributed by atoms with E-state index in [9.17, 15) is 35.5 Å². The number of hydrogen-bond acceptors (Lipinski definition) is 14. The van der Waals surface area contributed by atoms with Crippen LogP contribution in [0.5, 0.6) is 0 Å². The fourth-order valence-electron chi connectivity index (χ4n) is 8.84. The lowest BCUT2D eigenvalue weighted by atomic mass is 9.77. The fraction of sp³-hybridized carbons (Fsp3) is 0.974. The van der Waals surface area contributed by atoms with Crippen molar-refractivity contribution in [2.45, 2.75) is 185 Å². The van der Waals surface area contributed by atoms with Gasteiger partial charge in [0.15, 0.2) is 18.7 Å². The van der Waals surface area contributed by atoms with Crippen LogP contribution in [0, 0.1) is 23.0 Å². The highest BCUT2D eigenvalue weighted by atomic mass is 16.7. The molecular weight excluding hydrogens is 692 g/mol. The summed E-state index contributed by atoms with van der Waals surface area (Å²) >= 11 is 0. The third-order valence-electron chi connectivity index (χ3n) is 12.3. The van der Waals surface area contributed by atoms with Crippen LogP contribution in [-0.2, 0) is 33.2 Å². The minimum Gasteiger partial charge on any atom is -0.633 e. The highest BCUT2D eigenvalue weighted by molar-refractivity contribution is 5.73. The van der Waals surface area contributed by atoms with E-state index < -0.39 is 113 Å². The Morgan fingerprint density at radius 2 is 1.57 bits per heavy atom. The highest BCUT2D eigenvalue weighted by Crippen LogP contribution is 2.40. The summed E-state index contributed by atoms with van der Waals surface area (Å²) in [5.41, 5.74) is -4.51. The number of ether oxygens (including phenoxy) is 6. The molecule has 18 atom stereocenters. The third kappa shape index (κ3) is 10.5. The zero-order chi connectivity index (χ0) is 40.6. The molecule has 53 heavy (non-hydrogen) atoms. The molecule has 3 fully saturated rings. The molecule has 3 saturated heterocycles. The van der Waals surface area contributed by atoms with Gasteiger partial charge in [0.25, 0.3) is 0 Å². The first-order valence-electron chi connectivity index (χ1n) is 19.3. The molecule has 0 saturated carbocycles. The maximum atomic E-state index is 14.2. The third-order valence-corrected chi connectivity index (χ3v) is 12.3. The number of methoxy groups -OCH3 is 1. The van der Waals surface area contributed by atoms with Gasteiger partial charge in [-0.25, -0.2) is 0 Å². The van der Waals surface area contributed by atoms with Crippen molar-refractivity contribution >= 4 is 5.97 Å². The summed E-state index contributed by atoms with van der Waals surface area (Å²) in [4.78, 5) is 16.1. The average Bonchev–Trinajstić information content (AvgIpc) is 3.05. The average molecular weight is 765 g/mol. The van der Waals surface area contributed by atoms with E-state index in [1.807, 2.05) is 18.9 Å². The molecule has 312 valence electrons. The molecular formula is C38H72N2O13. The van der Waals surface area contributed by atoms with Crippen molar-refractivity contribution in [3.8, 4) is 0 Å². The number of likely N-dealkylation sites (N-methyl/N-ethyl adjacent to an activating group) is 2. The summed E-state index contributed by atoms with van der Waals surface area (Å²) < 4.78 is 36.5. The number of cyclic esters (lactones) is 1. The van der Waals surface area contributed by atoms with E-state index in [2.05, 4.69) is 0 Å². The van der Waals surface area contributed by atoms with Gasteiger partial charge in [0.2, 0.25) is 0 Å². The number of hydrogen-bond donors (Lipinski definition) is 5. The Balaban J connectivity index is 2.19. The first kappa shape index (κ1) is 46.3. The van der Waals surface area contributed by atoms with Crippen LogP contribution < -0.4 is 0 Å². The van der Waals surface area contributed by atoms with Gasteiger partial charge in [-0.3, -0.25) is 4.79 Å². The zero-order valence-corrected chi connectivity index (χ0v) is 34.6. The number of nitrogens with zero attached hydrogens (tertiary/aromatic N) is 2. The van der Waals surface area contributed by atoms with Crippen molar-refractivity contribution in [1.82, 2.24) is 4.90 Å². The van der Waals surface area contributed by atoms with Crippen LogP contribution in [0.25, 0.3) is 0 Å². The van der Waals surface area contributed by atoms with Gasteiger partial charge in [0, 0.05) is 38.5 Å². The van der Waals surface area contributed by atoms with Crippen LogP contribution in [0.4, 0.5) is 0 Å². The number of carbonyl (C=O) groups excluding carboxylic acids is 1. The van der Waals surface area contributed by atoms with Gasteiger partial charge in [-0.2, -0.15) is 0 Å². The zero-order valence-electron chi connectivity index (χ0n) is 34.6. The standard InChI is InChI=1S/C38H72N2O13/c1-15-27-38(10,46)31(42)24(6)39(11)19-20(2)17-36(8,45)33(53-35-29(41)26(40(12,13)47)16-21(3)49-35)22(4)30(23(5)34(44)51-27)52-28-18-37(9,48-14)32(43)25(7)50-28/h20-33,35,41-43,45-46H,15-19H2,1-14H3/t20-,21-,22+,23-,24-,25+,26+,27-,28+,29-,30+,31-,32+,33-,35?,36-,37-,38-/m1/s1. The molecule has 3 heterocycles. The van der Waals surface area contributed by atoms with Crippen molar-refractivity contribution in [3.63, 3.8) is 0 Å². The van der Waals surface area contributed by atoms with Crippen molar-refractivity contribution in [1.29, 1.82) is 0 Å². The smallest absolute Gasteiger partial charge is 0.311 e. The molecule has 0 aromatic carbocycles. The molecule has 0 aliphatic carbocycles. The Morgan fingerprint density at radius 1 is 0.962 bits per heavy atom. The van der Waals surface area contributed by atoms with Crippen LogP contribution >= 0.6 is 0 Å². The van der Waals surface area contributed by atoms with Crippen LogP contribution in [-0.4, -0.2) is 166 Å². The summed E-state index contributed by atoms with van der Waals surface area (Å²) in [5.74, 6) is -2.80. The van der Waals surface area contributed by atoms with Gasteiger partial charge in [-0.15, -0.1) is 0 Å². The molecule has 0 aromatic rings. The summed E-state index contributed by atoms with van der Waals surface area (Å²) in [6.45, 7) is 17.6. The van der Waals surface area contributed by atoms with Gasteiger partial charge in [0.05, 0.1) is 55.6 Å². The Morgan fingerprint density at radius 3 is 2.11 bits per heavy atom. The minimum absolute atomic E-state index is 0.0990. The lowest BCUT2D eigenvalue weighted by Crippen LogP contribution is -2.62. The molecule has 0 aromatic heterocycles. The SMILES string of the molecule is CC[C@H]1OC(=O)[C@H](C)[C@@H](O[C@H]2C[C@@](C)(OC)[C@@H](O)[C@H](C)O2)[C@H](C)[C@@H](OC2O[C@H](C)C[C@H]([N+](C)(C)[O-])[C@H]2O)[C@](C)(O)C[C@@H](C)CN(C)[C@H](C)[C@@H](O)[C@]1(C)O. The van der Waals surface area contributed by atoms with Gasteiger partial charge in [-0.05, 0) is 74.3 Å². The van der Waals surface area contributed by atoms with Crippen LogP contribution in [0.2, 0.25) is 0 Å². The van der Waals surface area contributed by atoms with Gasteiger partial charge in [-0.1, -0.05) is 20.8 Å². The second-order valence-corrected chi connectivity index (χ2v) is 17.6. The number of rotatable bonds is 7. The van der Waals surface area contributed by atoms with Crippen LogP contribution in [0.1, 0.15) is 94.9 Å². The molecule has 1 unspecified atom stereocenters. The van der Waals surface area contributed by atoms with Crippen LogP contribution in [0.15, 0.2) is 0 Å². The van der Waals surface area contributed by atoms with E-state index >= 15 is 0 Å². The number of quaternary nitrogens is 1. The molecule has 5 N–H and O–H groups in total. The molecule has 0 radical (unpaired) electrons. The first-order chi connectivity index (χ1) is 24.2. The fourth-order valence-corrected chi connectivity index (χ4v) is 8.84. The largest absolute Gasteiger partial charge is 0.633 e. The summed E-state index contributed by atoms with van der Waals surface area (Å²) in [6.07, 6.45) is -9.60. The van der Waals surface area contributed by atoms with E-state index in [1.165, 1.54) is 28.1 Å². The number of carbonyl (C=O) groups is 1.